The maximum absolute atomic E-state index is 12.9. The molecule has 77 heavy (non-hydrogen) atoms. The third-order valence-corrected chi connectivity index (χ3v) is 14.4. The molecular weight excluding hydrogens is 949 g/mol. The van der Waals surface area contributed by atoms with Gasteiger partial charge in [-0.25, -0.2) is 0 Å². The van der Waals surface area contributed by atoms with Crippen LogP contribution in [-0.4, -0.2) is 37.2 Å². The third-order valence-electron chi connectivity index (χ3n) is 14.4. The van der Waals surface area contributed by atoms with Crippen LogP contribution in [0.3, 0.4) is 0 Å². The molecule has 0 saturated heterocycles. The second-order valence-corrected chi connectivity index (χ2v) is 22.0. The van der Waals surface area contributed by atoms with Crippen LogP contribution < -0.4 is 0 Å². The van der Waals surface area contributed by atoms with Gasteiger partial charge in [0.25, 0.3) is 0 Å². The molecule has 6 heteroatoms. The molecule has 6 nitrogen and oxygen atoms in total. The molecule has 0 radical (unpaired) electrons. The van der Waals surface area contributed by atoms with Crippen LogP contribution in [0.4, 0.5) is 0 Å². The van der Waals surface area contributed by atoms with Crippen molar-refractivity contribution in [2.45, 2.75) is 335 Å². The summed E-state index contributed by atoms with van der Waals surface area (Å²) in [5.41, 5.74) is 0. The average molecular weight is 1070 g/mol. The minimum Gasteiger partial charge on any atom is -0.462 e. The minimum atomic E-state index is -0.778. The number of hydrogen-bond acceptors (Lipinski definition) is 6. The van der Waals surface area contributed by atoms with E-state index in [1.807, 2.05) is 0 Å². The standard InChI is InChI=1S/C71H124O6/c1-4-7-10-13-16-19-21-23-25-27-28-29-30-31-32-33-34-35-36-37-38-39-40-41-42-44-45-47-49-52-55-58-61-64-70(73)76-67-68(66-75-69(72)63-60-57-54-51-18-15-12-9-6-3)77-71(74)65-62-59-56-53-50-48-46-43-26-24-22-20-17-14-11-8-5-2/h7-8,10-11,16-17,19-20,23-26,28-29,68H,4-6,9,12-15,18,21-22,27,30-67H2,1-3H3/b10-7-,11-8-,19-16-,20-17-,25-23-,26-24-,29-28-. The zero-order valence-corrected chi connectivity index (χ0v) is 51.0. The van der Waals surface area contributed by atoms with Crippen LogP contribution in [0.1, 0.15) is 329 Å². The van der Waals surface area contributed by atoms with Crippen LogP contribution in [0.2, 0.25) is 0 Å². The zero-order chi connectivity index (χ0) is 55.7. The first-order valence-electron chi connectivity index (χ1n) is 33.1. The van der Waals surface area contributed by atoms with E-state index in [1.165, 1.54) is 180 Å². The first-order chi connectivity index (χ1) is 38.0. The number of hydrogen-bond donors (Lipinski definition) is 0. The molecule has 0 aromatic carbocycles. The molecule has 0 saturated carbocycles. The summed E-state index contributed by atoms with van der Waals surface area (Å²) in [6.07, 6.45) is 86.2. The Bertz CT molecular complexity index is 1470. The number of ether oxygens (including phenoxy) is 3. The molecule has 0 spiro atoms. The molecule has 0 aromatic heterocycles. The molecule has 0 aliphatic rings. The summed E-state index contributed by atoms with van der Waals surface area (Å²) in [4.78, 5) is 38.2. The highest BCUT2D eigenvalue weighted by molar-refractivity contribution is 5.71. The third kappa shape index (κ3) is 63.3. The van der Waals surface area contributed by atoms with E-state index >= 15 is 0 Å². The largest absolute Gasteiger partial charge is 0.462 e. The molecule has 0 N–H and O–H groups in total. The summed E-state index contributed by atoms with van der Waals surface area (Å²) >= 11 is 0. The highest BCUT2D eigenvalue weighted by Crippen LogP contribution is 2.17. The fourth-order valence-corrected chi connectivity index (χ4v) is 9.51. The van der Waals surface area contributed by atoms with E-state index in [2.05, 4.69) is 106 Å². The maximum atomic E-state index is 12.9. The second kappa shape index (κ2) is 65.1. The Morgan fingerprint density at radius 3 is 0.792 bits per heavy atom. The van der Waals surface area contributed by atoms with Crippen LogP contribution in [0.25, 0.3) is 0 Å². The maximum Gasteiger partial charge on any atom is 0.306 e. The van der Waals surface area contributed by atoms with Gasteiger partial charge in [0.2, 0.25) is 0 Å². The molecule has 0 amide bonds. The van der Waals surface area contributed by atoms with Crippen molar-refractivity contribution in [3.63, 3.8) is 0 Å². The van der Waals surface area contributed by atoms with Gasteiger partial charge in [0, 0.05) is 19.3 Å². The van der Waals surface area contributed by atoms with Gasteiger partial charge in [-0.15, -0.1) is 0 Å². The van der Waals surface area contributed by atoms with Crippen molar-refractivity contribution in [3.05, 3.63) is 85.1 Å². The van der Waals surface area contributed by atoms with Crippen LogP contribution in [-0.2, 0) is 28.6 Å². The van der Waals surface area contributed by atoms with Gasteiger partial charge < -0.3 is 14.2 Å². The van der Waals surface area contributed by atoms with Crippen molar-refractivity contribution in [1.82, 2.24) is 0 Å². The molecule has 444 valence electrons. The number of rotatable bonds is 60. The monoisotopic (exact) mass is 1070 g/mol. The molecule has 0 bridgehead atoms. The Morgan fingerprint density at radius 2 is 0.506 bits per heavy atom. The lowest BCUT2D eigenvalue weighted by Gasteiger charge is -2.18. The average Bonchev–Trinajstić information content (AvgIpc) is 3.43. The van der Waals surface area contributed by atoms with Gasteiger partial charge in [0.15, 0.2) is 6.10 Å². The molecule has 1 atom stereocenters. The van der Waals surface area contributed by atoms with Crippen LogP contribution in [0, 0.1) is 0 Å². The van der Waals surface area contributed by atoms with Crippen molar-refractivity contribution in [1.29, 1.82) is 0 Å². The summed E-state index contributed by atoms with van der Waals surface area (Å²) in [5, 5.41) is 0. The van der Waals surface area contributed by atoms with Crippen LogP contribution >= 0.6 is 0 Å². The smallest absolute Gasteiger partial charge is 0.306 e. The van der Waals surface area contributed by atoms with E-state index < -0.39 is 6.10 Å². The van der Waals surface area contributed by atoms with Crippen LogP contribution in [0.5, 0.6) is 0 Å². The molecule has 1 unspecified atom stereocenters. The van der Waals surface area contributed by atoms with Crippen molar-refractivity contribution in [2.75, 3.05) is 13.2 Å². The van der Waals surface area contributed by atoms with E-state index in [-0.39, 0.29) is 31.1 Å². The van der Waals surface area contributed by atoms with Gasteiger partial charge >= 0.3 is 17.9 Å². The fourth-order valence-electron chi connectivity index (χ4n) is 9.51. The summed E-state index contributed by atoms with van der Waals surface area (Å²) < 4.78 is 16.9. The Kier molecular flexibility index (Phi) is 62.2. The molecule has 0 aromatic rings. The molecule has 0 heterocycles. The summed E-state index contributed by atoms with van der Waals surface area (Å²) in [5.74, 6) is -0.873. The quantitative estimate of drug-likeness (QED) is 0.0261. The topological polar surface area (TPSA) is 78.9 Å². The Labute approximate surface area is 477 Å². The molecule has 0 fully saturated rings. The predicted octanol–water partition coefficient (Wildman–Crippen LogP) is 22.7. The van der Waals surface area contributed by atoms with Gasteiger partial charge in [-0.3, -0.25) is 14.4 Å². The highest BCUT2D eigenvalue weighted by atomic mass is 16.6. The lowest BCUT2D eigenvalue weighted by Crippen LogP contribution is -2.30. The summed E-state index contributed by atoms with van der Waals surface area (Å²) in [7, 11) is 0. The minimum absolute atomic E-state index is 0.0757. The van der Waals surface area contributed by atoms with Gasteiger partial charge in [-0.05, 0) is 89.9 Å². The van der Waals surface area contributed by atoms with Crippen molar-refractivity contribution in [2.24, 2.45) is 0 Å². The van der Waals surface area contributed by atoms with E-state index in [4.69, 9.17) is 14.2 Å². The van der Waals surface area contributed by atoms with E-state index in [0.717, 1.165) is 109 Å². The molecule has 0 aliphatic carbocycles. The first kappa shape index (κ1) is 73.6. The van der Waals surface area contributed by atoms with Crippen LogP contribution in [0.15, 0.2) is 85.1 Å². The van der Waals surface area contributed by atoms with E-state index in [9.17, 15) is 14.4 Å². The molecule has 0 rings (SSSR count). The number of allylic oxidation sites excluding steroid dienone is 14. The lowest BCUT2D eigenvalue weighted by atomic mass is 10.0. The van der Waals surface area contributed by atoms with Gasteiger partial charge in [0.05, 0.1) is 0 Å². The predicted molar refractivity (Wildman–Crippen MR) is 334 cm³/mol. The Morgan fingerprint density at radius 1 is 0.273 bits per heavy atom. The highest BCUT2D eigenvalue weighted by Gasteiger charge is 2.19. The van der Waals surface area contributed by atoms with Crippen molar-refractivity contribution in [3.8, 4) is 0 Å². The summed E-state index contributed by atoms with van der Waals surface area (Å²) in [6.45, 7) is 6.42. The number of carbonyl (C=O) groups is 3. The Hall–Kier alpha value is -3.41. The van der Waals surface area contributed by atoms with Crippen molar-refractivity contribution < 1.29 is 28.6 Å². The number of carbonyl (C=O) groups excluding carboxylic acids is 3. The lowest BCUT2D eigenvalue weighted by molar-refractivity contribution is -0.167. The second-order valence-electron chi connectivity index (χ2n) is 22.0. The van der Waals surface area contributed by atoms with Gasteiger partial charge in [0.1, 0.15) is 13.2 Å². The first-order valence-corrected chi connectivity index (χ1v) is 33.1. The van der Waals surface area contributed by atoms with E-state index in [1.54, 1.807) is 0 Å². The Balaban J connectivity index is 4.06. The summed E-state index contributed by atoms with van der Waals surface area (Å²) in [6, 6.07) is 0. The SMILES string of the molecule is CC/C=C\C/C=C\C/C=C\C/C=C\CCCCCCCCCCCCCCCCCCCCCCC(=O)OCC(COC(=O)CCCCCCCCCCC)OC(=O)CCCCCCCCC/C=C\C/C=C\C/C=C\CC. The van der Waals surface area contributed by atoms with Gasteiger partial charge in [-0.1, -0.05) is 305 Å². The number of unbranched alkanes of at least 4 members (excludes halogenated alkanes) is 35. The zero-order valence-electron chi connectivity index (χ0n) is 51.0. The molecular formula is C71H124O6. The van der Waals surface area contributed by atoms with E-state index in [0.29, 0.717) is 19.3 Å². The fraction of sp³-hybridized carbons (Fsp3) is 0.761. The number of esters is 3. The van der Waals surface area contributed by atoms with Gasteiger partial charge in [-0.2, -0.15) is 0 Å². The van der Waals surface area contributed by atoms with Crippen molar-refractivity contribution >= 4 is 17.9 Å². The molecule has 0 aliphatic heterocycles. The normalized spacial score (nSPS) is 12.6.